The van der Waals surface area contributed by atoms with Gasteiger partial charge < -0.3 is 10.6 Å². The van der Waals surface area contributed by atoms with Crippen LogP contribution in [0.2, 0.25) is 0 Å². The van der Waals surface area contributed by atoms with Gasteiger partial charge in [-0.15, -0.1) is 0 Å². The minimum Gasteiger partial charge on any atom is -0.382 e. The van der Waals surface area contributed by atoms with Gasteiger partial charge in [0.15, 0.2) is 5.69 Å². The second kappa shape index (κ2) is 9.10. The van der Waals surface area contributed by atoms with Crippen LogP contribution in [0.3, 0.4) is 0 Å². The maximum absolute atomic E-state index is 13.7. The van der Waals surface area contributed by atoms with Crippen LogP contribution in [0.4, 0.5) is 10.1 Å². The van der Waals surface area contributed by atoms with Gasteiger partial charge in [-0.25, -0.2) is 4.39 Å². The summed E-state index contributed by atoms with van der Waals surface area (Å²) in [5, 5.41) is 20.0. The lowest BCUT2D eigenvalue weighted by Crippen LogP contribution is -2.32. The van der Waals surface area contributed by atoms with Crippen LogP contribution in [0.15, 0.2) is 77.6 Å². The monoisotopic (exact) mass is 427 g/mol. The SMILES string of the molecule is N#Cc1c(F)cccc1NCCNC(=O)c1nn(-c2ccccc2)c(=O)c2ccccc12. The Morgan fingerprint density at radius 3 is 2.44 bits per heavy atom. The van der Waals surface area contributed by atoms with Crippen molar-refractivity contribution in [3.8, 4) is 11.8 Å². The fourth-order valence-corrected chi connectivity index (χ4v) is 3.34. The number of aromatic nitrogens is 2. The van der Waals surface area contributed by atoms with E-state index in [1.807, 2.05) is 12.1 Å². The van der Waals surface area contributed by atoms with Crippen molar-refractivity contribution in [2.45, 2.75) is 0 Å². The summed E-state index contributed by atoms with van der Waals surface area (Å²) in [7, 11) is 0. The number of halogens is 1. The molecule has 0 aliphatic heterocycles. The number of amides is 1. The number of para-hydroxylation sites is 1. The van der Waals surface area contributed by atoms with E-state index in [1.54, 1.807) is 54.6 Å². The van der Waals surface area contributed by atoms with Gasteiger partial charge in [0.2, 0.25) is 0 Å². The van der Waals surface area contributed by atoms with E-state index in [0.29, 0.717) is 22.1 Å². The van der Waals surface area contributed by atoms with Crippen molar-refractivity contribution in [1.82, 2.24) is 15.1 Å². The average molecular weight is 427 g/mol. The number of fused-ring (bicyclic) bond motifs is 1. The number of nitriles is 1. The van der Waals surface area contributed by atoms with Gasteiger partial charge in [0, 0.05) is 18.5 Å². The van der Waals surface area contributed by atoms with Crippen molar-refractivity contribution in [2.75, 3.05) is 18.4 Å². The zero-order valence-corrected chi connectivity index (χ0v) is 16.9. The molecule has 0 radical (unpaired) electrons. The molecule has 2 N–H and O–H groups in total. The van der Waals surface area contributed by atoms with Crippen molar-refractivity contribution in [3.05, 3.63) is 100 Å². The molecule has 4 aromatic rings. The molecule has 0 bridgehead atoms. The van der Waals surface area contributed by atoms with Gasteiger partial charge in [0.25, 0.3) is 11.5 Å². The number of carbonyl (C=O) groups is 1. The van der Waals surface area contributed by atoms with Crippen molar-refractivity contribution in [3.63, 3.8) is 0 Å². The van der Waals surface area contributed by atoms with Crippen LogP contribution in [0, 0.1) is 17.1 Å². The third-order valence-corrected chi connectivity index (χ3v) is 4.87. The lowest BCUT2D eigenvalue weighted by molar-refractivity contribution is 0.0950. The Labute approximate surface area is 182 Å². The number of carbonyl (C=O) groups excluding carboxylic acids is 1. The summed E-state index contributed by atoms with van der Waals surface area (Å²) in [6.07, 6.45) is 0. The largest absolute Gasteiger partial charge is 0.382 e. The highest BCUT2D eigenvalue weighted by Gasteiger charge is 2.17. The Bertz CT molecular complexity index is 1390. The minimum atomic E-state index is -0.611. The molecule has 0 aliphatic carbocycles. The summed E-state index contributed by atoms with van der Waals surface area (Å²) in [5.41, 5.74) is 0.617. The zero-order chi connectivity index (χ0) is 22.5. The van der Waals surface area contributed by atoms with Gasteiger partial charge in [-0.3, -0.25) is 9.59 Å². The Balaban J connectivity index is 1.56. The first-order valence-corrected chi connectivity index (χ1v) is 9.88. The molecule has 4 rings (SSSR count). The second-order valence-electron chi connectivity index (χ2n) is 6.90. The minimum absolute atomic E-state index is 0.0820. The highest BCUT2D eigenvalue weighted by Crippen LogP contribution is 2.17. The van der Waals surface area contributed by atoms with Crippen molar-refractivity contribution in [1.29, 1.82) is 5.26 Å². The molecule has 0 atom stereocenters. The Hall–Kier alpha value is -4.51. The molecule has 0 saturated heterocycles. The average Bonchev–Trinajstić information content (AvgIpc) is 2.83. The third-order valence-electron chi connectivity index (χ3n) is 4.87. The van der Waals surface area contributed by atoms with Crippen LogP contribution < -0.4 is 16.2 Å². The summed E-state index contributed by atoms with van der Waals surface area (Å²) in [6, 6.07) is 21.8. The molecule has 1 amide bonds. The van der Waals surface area contributed by atoms with E-state index in [4.69, 9.17) is 5.26 Å². The Kier molecular flexibility index (Phi) is 5.90. The van der Waals surface area contributed by atoms with Crippen LogP contribution in [0.5, 0.6) is 0 Å². The number of nitrogens with zero attached hydrogens (tertiary/aromatic N) is 3. The number of hydrogen-bond donors (Lipinski definition) is 2. The topological polar surface area (TPSA) is 99.8 Å². The van der Waals surface area contributed by atoms with E-state index >= 15 is 0 Å². The molecule has 0 unspecified atom stereocenters. The van der Waals surface area contributed by atoms with E-state index in [1.165, 1.54) is 16.8 Å². The van der Waals surface area contributed by atoms with Gasteiger partial charge in [-0.2, -0.15) is 15.0 Å². The smallest absolute Gasteiger partial charge is 0.279 e. The summed E-state index contributed by atoms with van der Waals surface area (Å²) < 4.78 is 14.9. The van der Waals surface area contributed by atoms with E-state index < -0.39 is 11.7 Å². The van der Waals surface area contributed by atoms with Gasteiger partial charge in [-0.1, -0.05) is 42.5 Å². The van der Waals surface area contributed by atoms with Gasteiger partial charge in [0.1, 0.15) is 17.4 Å². The van der Waals surface area contributed by atoms with Crippen molar-refractivity contribution >= 4 is 22.4 Å². The molecule has 3 aromatic carbocycles. The zero-order valence-electron chi connectivity index (χ0n) is 16.9. The number of benzene rings is 3. The standard InChI is InChI=1S/C24H18FN5O2/c25-20-11-6-12-21(19(20)15-26)27-13-14-28-23(31)22-17-9-4-5-10-18(17)24(32)30(29-22)16-7-2-1-3-8-16/h1-12,27H,13-14H2,(H,28,31). The lowest BCUT2D eigenvalue weighted by atomic mass is 10.1. The predicted octanol–water partition coefficient (Wildman–Crippen LogP) is 3.24. The Morgan fingerprint density at radius 2 is 1.69 bits per heavy atom. The Morgan fingerprint density at radius 1 is 0.969 bits per heavy atom. The molecule has 1 heterocycles. The van der Waals surface area contributed by atoms with Crippen molar-refractivity contribution < 1.29 is 9.18 Å². The fourth-order valence-electron chi connectivity index (χ4n) is 3.34. The predicted molar refractivity (Wildman–Crippen MR) is 119 cm³/mol. The highest BCUT2D eigenvalue weighted by atomic mass is 19.1. The van der Waals surface area contributed by atoms with Gasteiger partial charge in [-0.05, 0) is 30.3 Å². The number of nitrogens with one attached hydrogen (secondary N) is 2. The van der Waals surface area contributed by atoms with E-state index in [2.05, 4.69) is 15.7 Å². The maximum atomic E-state index is 13.7. The maximum Gasteiger partial charge on any atom is 0.279 e. The van der Waals surface area contributed by atoms with E-state index in [-0.39, 0.29) is 29.9 Å². The molecule has 0 spiro atoms. The van der Waals surface area contributed by atoms with Crippen LogP contribution in [-0.4, -0.2) is 28.8 Å². The molecular weight excluding hydrogens is 409 g/mol. The van der Waals surface area contributed by atoms with Gasteiger partial charge >= 0.3 is 0 Å². The molecule has 8 heteroatoms. The van der Waals surface area contributed by atoms with E-state index in [9.17, 15) is 14.0 Å². The second-order valence-corrected chi connectivity index (χ2v) is 6.90. The first kappa shape index (κ1) is 20.8. The molecular formula is C24H18FN5O2. The normalized spacial score (nSPS) is 10.5. The van der Waals surface area contributed by atoms with E-state index in [0.717, 1.165) is 0 Å². The summed E-state index contributed by atoms with van der Waals surface area (Å²) >= 11 is 0. The first-order valence-electron chi connectivity index (χ1n) is 9.88. The van der Waals surface area contributed by atoms with Crippen LogP contribution in [0.1, 0.15) is 16.1 Å². The third kappa shape index (κ3) is 4.04. The molecule has 1 aromatic heterocycles. The summed E-state index contributed by atoms with van der Waals surface area (Å²) in [4.78, 5) is 25.8. The fraction of sp³-hybridized carbons (Fsp3) is 0.0833. The lowest BCUT2D eigenvalue weighted by Gasteiger charge is -2.12. The van der Waals surface area contributed by atoms with Crippen molar-refractivity contribution in [2.24, 2.45) is 0 Å². The summed E-state index contributed by atoms with van der Waals surface area (Å²) in [6.45, 7) is 0.459. The molecule has 0 saturated carbocycles. The van der Waals surface area contributed by atoms with Crippen LogP contribution >= 0.6 is 0 Å². The number of rotatable bonds is 6. The van der Waals surface area contributed by atoms with Gasteiger partial charge in [0.05, 0.1) is 16.8 Å². The highest BCUT2D eigenvalue weighted by molar-refractivity contribution is 6.04. The molecule has 0 fully saturated rings. The first-order chi connectivity index (χ1) is 15.6. The number of anilines is 1. The van der Waals surface area contributed by atoms with Crippen LogP contribution in [0.25, 0.3) is 16.5 Å². The molecule has 7 nitrogen and oxygen atoms in total. The molecule has 0 aliphatic rings. The summed E-state index contributed by atoms with van der Waals surface area (Å²) in [5.74, 6) is -1.06. The molecule has 158 valence electrons. The molecule has 32 heavy (non-hydrogen) atoms. The quantitative estimate of drug-likeness (QED) is 0.460. The number of hydrogen-bond acceptors (Lipinski definition) is 5. The van der Waals surface area contributed by atoms with Crippen LogP contribution in [-0.2, 0) is 0 Å².